The number of benzene rings is 1. The predicted molar refractivity (Wildman–Crippen MR) is 188 cm³/mol. The van der Waals surface area contributed by atoms with Crippen LogP contribution in [0.1, 0.15) is 35.7 Å². The minimum absolute atomic E-state index is 0.0490. The van der Waals surface area contributed by atoms with Crippen LogP contribution in [0.15, 0.2) is 57.7 Å². The summed E-state index contributed by atoms with van der Waals surface area (Å²) in [5.41, 5.74) is 5.06. The summed E-state index contributed by atoms with van der Waals surface area (Å²) in [6.07, 6.45) is 3.43. The molecule has 1 saturated heterocycles. The van der Waals surface area contributed by atoms with Crippen LogP contribution >= 0.6 is 46.5 Å². The zero-order chi connectivity index (χ0) is 37.3. The molecule has 4 aromatic rings. The third kappa shape index (κ3) is 7.38. The van der Waals surface area contributed by atoms with Crippen LogP contribution in [-0.4, -0.2) is 104 Å². The van der Waals surface area contributed by atoms with Crippen molar-refractivity contribution in [3.8, 4) is 11.5 Å². The van der Waals surface area contributed by atoms with Gasteiger partial charge in [0.2, 0.25) is 23.8 Å². The quantitative estimate of drug-likeness (QED) is 0.0214. The number of anilines is 1. The Morgan fingerprint density at radius 3 is 2.65 bits per heavy atom. The number of aliphatic carboxylic acids is 1. The Bertz CT molecular complexity index is 2120. The molecule has 270 valence electrons. The molecule has 6 rings (SSSR count). The van der Waals surface area contributed by atoms with Crippen molar-refractivity contribution in [3.63, 3.8) is 0 Å². The van der Waals surface area contributed by atoms with Crippen LogP contribution in [0.2, 0.25) is 5.02 Å². The molecule has 0 radical (unpaired) electrons. The summed E-state index contributed by atoms with van der Waals surface area (Å²) in [7, 11) is 0. The lowest BCUT2D eigenvalue weighted by atomic mass is 10.0. The number of β-lactam (4-membered cyclic amide) rings is 1. The minimum Gasteiger partial charge on any atom is -0.504 e. The van der Waals surface area contributed by atoms with Crippen molar-refractivity contribution in [2.45, 2.75) is 42.3 Å². The van der Waals surface area contributed by atoms with E-state index in [1.807, 2.05) is 12.1 Å². The number of phenolic OH excluding ortho intramolecular Hbond substituents is 2. The van der Waals surface area contributed by atoms with Crippen LogP contribution in [0.5, 0.6) is 11.5 Å². The number of carbonyl (C=O) groups excluding carboxylic acids is 3. The largest absolute Gasteiger partial charge is 0.504 e. The number of aromatic amines is 1. The molecule has 0 spiro atoms. The number of nitrogens with zero attached hydrogens (tertiary/aromatic N) is 7. The first kappa shape index (κ1) is 36.5. The second-order valence-corrected chi connectivity index (χ2v) is 15.1. The molecule has 22 heteroatoms. The third-order valence-electron chi connectivity index (χ3n) is 7.75. The molecule has 1 aromatic carbocycles. The Hall–Kier alpha value is -5.25. The molecule has 2 aliphatic rings. The smallest absolute Gasteiger partial charge is 0.350 e. The molecule has 7 N–H and O–H groups in total. The molecule has 1 fully saturated rings. The van der Waals surface area contributed by atoms with Gasteiger partial charge in [-0.05, 0) is 36.8 Å². The second kappa shape index (κ2) is 14.8. The molecule has 0 unspecified atom stereocenters. The topological polar surface area (TPSA) is 263 Å². The number of H-pyrrole nitrogens is 1. The van der Waals surface area contributed by atoms with E-state index in [4.69, 9.17) is 22.2 Å². The number of aromatic hydroxyl groups is 2. The highest BCUT2D eigenvalue weighted by Crippen LogP contribution is 2.44. The predicted octanol–water partition coefficient (Wildman–Crippen LogP) is 1.66. The lowest BCUT2D eigenvalue weighted by Crippen LogP contribution is -2.70. The van der Waals surface area contributed by atoms with E-state index < -0.39 is 46.3 Å². The molecule has 0 bridgehead atoms. The van der Waals surface area contributed by atoms with Gasteiger partial charge in [0.25, 0.3) is 11.8 Å². The van der Waals surface area contributed by atoms with Crippen molar-refractivity contribution >= 4 is 86.6 Å². The fourth-order valence-electron chi connectivity index (χ4n) is 4.91. The number of hydrogen-bond acceptors (Lipinski definition) is 16. The van der Waals surface area contributed by atoms with E-state index in [1.165, 1.54) is 59.8 Å². The van der Waals surface area contributed by atoms with Gasteiger partial charge in [-0.2, -0.15) is 9.78 Å². The summed E-state index contributed by atoms with van der Waals surface area (Å²) >= 11 is 9.98. The molecule has 3 aromatic heterocycles. The molecular weight excluding hydrogens is 760 g/mol. The zero-order valence-electron chi connectivity index (χ0n) is 27.0. The Labute approximate surface area is 311 Å². The Morgan fingerprint density at radius 2 is 2.00 bits per heavy atom. The van der Waals surface area contributed by atoms with E-state index in [9.17, 15) is 34.5 Å². The van der Waals surface area contributed by atoms with Crippen molar-refractivity contribution in [1.82, 2.24) is 35.8 Å². The first-order chi connectivity index (χ1) is 24.7. The fraction of sp³-hybridized carbons (Fsp3) is 0.267. The van der Waals surface area contributed by atoms with Crippen molar-refractivity contribution in [1.29, 1.82) is 0 Å². The number of thioether (sulfide) groups is 2. The van der Waals surface area contributed by atoms with E-state index >= 15 is 0 Å². The number of carbonyl (C=O) groups is 4. The van der Waals surface area contributed by atoms with E-state index in [0.717, 1.165) is 21.8 Å². The highest BCUT2D eigenvalue weighted by atomic mass is 35.5. The number of nitrogens with one attached hydrogen (secondary N) is 2. The van der Waals surface area contributed by atoms with Gasteiger partial charge >= 0.3 is 5.97 Å². The molecule has 52 heavy (non-hydrogen) atoms. The number of carboxylic acids is 1. The van der Waals surface area contributed by atoms with Gasteiger partial charge in [0.15, 0.2) is 34.7 Å². The van der Waals surface area contributed by atoms with E-state index in [-0.39, 0.29) is 45.3 Å². The number of nitrogens with two attached hydrogens (primary N) is 1. The SMILES string of the molecule is CC(C)(O/N=C(/C(=O)N[C@@H]1C(=O)N2C(c3nn[nH]n3)=C(CSc3cc[n+](CC(=O)c4ccc(O)c(O)c4Cl)cc3)CS[C@H]12)c1csc(N)n1)C(=O)O. The molecule has 18 nitrogen and oxygen atoms in total. The first-order valence-electron chi connectivity index (χ1n) is 15.0. The van der Waals surface area contributed by atoms with E-state index in [1.54, 1.807) is 17.0 Å². The number of Topliss-reactive ketones (excluding diaryl/α,β-unsaturated/α-hetero) is 1. The first-order valence-corrected chi connectivity index (χ1v) is 18.3. The van der Waals surface area contributed by atoms with Gasteiger partial charge in [-0.25, -0.2) is 9.78 Å². The van der Waals surface area contributed by atoms with Crippen molar-refractivity contribution < 1.29 is 43.9 Å². The minimum atomic E-state index is -1.76. The molecule has 2 atom stereocenters. The number of ketones is 1. The maximum Gasteiger partial charge on any atom is 0.350 e. The summed E-state index contributed by atoms with van der Waals surface area (Å²) in [6.45, 7) is 2.46. The Kier molecular flexibility index (Phi) is 10.4. The lowest BCUT2D eigenvalue weighted by Gasteiger charge is -2.49. The Balaban J connectivity index is 1.15. The monoisotopic (exact) mass is 787 g/mol. The maximum atomic E-state index is 13.6. The van der Waals surface area contributed by atoms with Crippen LogP contribution in [0.3, 0.4) is 0 Å². The number of pyridine rings is 1. The lowest BCUT2D eigenvalue weighted by molar-refractivity contribution is -0.683. The second-order valence-electron chi connectivity index (χ2n) is 11.7. The number of aromatic nitrogens is 6. The number of amides is 2. The zero-order valence-corrected chi connectivity index (χ0v) is 30.2. The number of rotatable bonds is 13. The molecule has 0 saturated carbocycles. The standard InChI is InChI=1S/C30H27ClN10O8S3/c1-30(2,28(47)48)49-37-20(16-12-52-29(32)33-16)25(45)34-21-26(46)41-22(24-35-38-39-36-24)13(11-51-27(21)41)10-50-14-5-7-40(8-6-14)9-18(43)15-3-4-17(42)23(44)19(15)31/h3-8,12,21,27H,9-11H2,1-2H3,(H6-,32,33,34,35,36,37,38,39,42,43,44,45,47,48)/p+1/t21-,27-/m1/s1. The number of carboxylic acid groups (broad SMARTS) is 1. The summed E-state index contributed by atoms with van der Waals surface area (Å²) in [5, 5.41) is 50.5. The van der Waals surface area contributed by atoms with Gasteiger partial charge in [-0.1, -0.05) is 16.8 Å². The number of phenols is 2. The Morgan fingerprint density at radius 1 is 1.25 bits per heavy atom. The summed E-state index contributed by atoms with van der Waals surface area (Å²) < 4.78 is 1.64. The van der Waals surface area contributed by atoms with Crippen LogP contribution < -0.4 is 15.6 Å². The highest BCUT2D eigenvalue weighted by Gasteiger charge is 2.54. The molecular formula is C30H28ClN10O8S3+. The maximum absolute atomic E-state index is 13.6. The third-order valence-corrected chi connectivity index (χ3v) is 11.2. The van der Waals surface area contributed by atoms with Crippen molar-refractivity contribution in [2.24, 2.45) is 5.16 Å². The normalized spacial score (nSPS) is 17.4. The van der Waals surface area contributed by atoms with Gasteiger partial charge in [0.05, 0.1) is 10.7 Å². The number of tetrazole rings is 1. The van der Waals surface area contributed by atoms with Crippen LogP contribution in [-0.2, 0) is 25.8 Å². The summed E-state index contributed by atoms with van der Waals surface area (Å²) in [4.78, 5) is 63.1. The van der Waals surface area contributed by atoms with Crippen LogP contribution in [0, 0.1) is 0 Å². The number of thiazole rings is 1. The van der Waals surface area contributed by atoms with Crippen LogP contribution in [0.4, 0.5) is 5.13 Å². The molecule has 5 heterocycles. The van der Waals surface area contributed by atoms with E-state index in [2.05, 4.69) is 36.1 Å². The van der Waals surface area contributed by atoms with Crippen molar-refractivity contribution in [3.05, 3.63) is 69.7 Å². The molecule has 2 aliphatic heterocycles. The number of oxime groups is 1. The number of hydrogen-bond donors (Lipinski definition) is 6. The average Bonchev–Trinajstić information content (AvgIpc) is 3.81. The van der Waals surface area contributed by atoms with Crippen molar-refractivity contribution in [2.75, 3.05) is 17.2 Å². The number of nitrogen functional groups attached to an aromatic ring is 1. The van der Waals surface area contributed by atoms with Gasteiger partial charge < -0.3 is 31.2 Å². The fourth-order valence-corrected chi connectivity index (χ4v) is 8.10. The number of halogens is 1. The highest BCUT2D eigenvalue weighted by molar-refractivity contribution is 8.01. The van der Waals surface area contributed by atoms with Crippen LogP contribution in [0.25, 0.3) is 5.70 Å². The van der Waals surface area contributed by atoms with Gasteiger partial charge in [0.1, 0.15) is 17.1 Å². The van der Waals surface area contributed by atoms with Gasteiger partial charge in [-0.15, -0.1) is 45.1 Å². The van der Waals surface area contributed by atoms with Gasteiger partial charge in [-0.3, -0.25) is 19.3 Å². The molecule has 0 aliphatic carbocycles. The summed E-state index contributed by atoms with van der Waals surface area (Å²) in [6, 6.07) is 5.20. The summed E-state index contributed by atoms with van der Waals surface area (Å²) in [5.74, 6) is -2.82. The number of fused-ring (bicyclic) bond motifs is 1. The molecule has 2 amide bonds. The van der Waals surface area contributed by atoms with Gasteiger partial charge in [0, 0.05) is 39.5 Å². The van der Waals surface area contributed by atoms with E-state index in [0.29, 0.717) is 17.2 Å². The average molecular weight is 788 g/mol.